The molecule has 0 saturated heterocycles. The van der Waals surface area contributed by atoms with Crippen LogP contribution in [0.1, 0.15) is 18.1 Å². The van der Waals surface area contributed by atoms with Crippen LogP contribution in [0.3, 0.4) is 0 Å². The summed E-state index contributed by atoms with van der Waals surface area (Å²) in [4.78, 5) is 1.24. The molecule has 0 aliphatic heterocycles. The highest BCUT2D eigenvalue weighted by atomic mass is 32.2. The predicted octanol–water partition coefficient (Wildman–Crippen LogP) is 4.27. The van der Waals surface area contributed by atoms with Gasteiger partial charge in [0.1, 0.15) is 5.75 Å². The van der Waals surface area contributed by atoms with E-state index in [4.69, 9.17) is 10.5 Å². The Bertz CT molecular complexity index is 537. The Morgan fingerprint density at radius 1 is 1.11 bits per heavy atom. The van der Waals surface area contributed by atoms with Crippen LogP contribution in [0.5, 0.6) is 5.75 Å². The monoisotopic (exact) mass is 273 g/mol. The Morgan fingerprint density at radius 3 is 2.53 bits per heavy atom. The van der Waals surface area contributed by atoms with Gasteiger partial charge in [0.15, 0.2) is 0 Å². The predicted molar refractivity (Wildman–Crippen MR) is 82.8 cm³/mol. The van der Waals surface area contributed by atoms with Gasteiger partial charge in [-0.3, -0.25) is 0 Å². The van der Waals surface area contributed by atoms with Gasteiger partial charge < -0.3 is 10.5 Å². The van der Waals surface area contributed by atoms with Crippen molar-refractivity contribution < 1.29 is 4.74 Å². The highest BCUT2D eigenvalue weighted by Crippen LogP contribution is 2.28. The maximum Gasteiger partial charge on any atom is 0.119 e. The van der Waals surface area contributed by atoms with Crippen LogP contribution in [0, 0.1) is 6.92 Å². The van der Waals surface area contributed by atoms with Gasteiger partial charge in [-0.15, -0.1) is 11.8 Å². The molecule has 3 heteroatoms. The standard InChI is InChI=1S/C16H19NOS/c1-3-18-15-8-5-13(6-9-15)11-19-16-10-14(17)7-4-12(16)2/h4-10H,3,11,17H2,1-2H3. The maximum atomic E-state index is 5.82. The van der Waals surface area contributed by atoms with Crippen LogP contribution in [-0.4, -0.2) is 6.61 Å². The zero-order chi connectivity index (χ0) is 13.7. The quantitative estimate of drug-likeness (QED) is 0.652. The Labute approximate surface area is 119 Å². The number of nitrogen functional groups attached to an aromatic ring is 1. The molecule has 0 amide bonds. The van der Waals surface area contributed by atoms with Gasteiger partial charge in [-0.25, -0.2) is 0 Å². The first-order valence-electron chi connectivity index (χ1n) is 6.39. The number of benzene rings is 2. The van der Waals surface area contributed by atoms with Gasteiger partial charge in [0.25, 0.3) is 0 Å². The minimum atomic E-state index is 0.705. The Morgan fingerprint density at radius 2 is 1.84 bits per heavy atom. The Balaban J connectivity index is 2.00. The normalized spacial score (nSPS) is 10.4. The first kappa shape index (κ1) is 13.8. The molecule has 0 unspecified atom stereocenters. The van der Waals surface area contributed by atoms with Gasteiger partial charge in [-0.05, 0) is 49.2 Å². The topological polar surface area (TPSA) is 35.2 Å². The molecule has 2 aromatic carbocycles. The smallest absolute Gasteiger partial charge is 0.119 e. The molecule has 0 spiro atoms. The molecule has 2 rings (SSSR count). The first-order chi connectivity index (χ1) is 9.19. The summed E-state index contributed by atoms with van der Waals surface area (Å²) in [5.74, 6) is 1.87. The van der Waals surface area contributed by atoms with Crippen molar-refractivity contribution >= 4 is 17.4 Å². The van der Waals surface area contributed by atoms with Crippen LogP contribution in [0.15, 0.2) is 47.4 Å². The van der Waals surface area contributed by atoms with Gasteiger partial charge >= 0.3 is 0 Å². The van der Waals surface area contributed by atoms with Crippen LogP contribution in [0.4, 0.5) is 5.69 Å². The molecule has 100 valence electrons. The van der Waals surface area contributed by atoms with E-state index in [0.29, 0.717) is 6.61 Å². The van der Waals surface area contributed by atoms with Crippen LogP contribution < -0.4 is 10.5 Å². The second-order valence-electron chi connectivity index (χ2n) is 4.39. The number of nitrogens with two attached hydrogens (primary N) is 1. The van der Waals surface area contributed by atoms with E-state index in [1.54, 1.807) is 0 Å². The average Bonchev–Trinajstić information content (AvgIpc) is 2.42. The molecule has 2 aromatic rings. The molecular formula is C16H19NOS. The minimum absolute atomic E-state index is 0.705. The fourth-order valence-electron chi connectivity index (χ4n) is 1.78. The Hall–Kier alpha value is -1.61. The molecule has 0 radical (unpaired) electrons. The summed E-state index contributed by atoms with van der Waals surface area (Å²) in [6.45, 7) is 4.81. The maximum absolute atomic E-state index is 5.82. The summed E-state index contributed by atoms with van der Waals surface area (Å²) in [6, 6.07) is 14.3. The highest BCUT2D eigenvalue weighted by Gasteiger charge is 2.01. The van der Waals surface area contributed by atoms with Crippen molar-refractivity contribution in [3.05, 3.63) is 53.6 Å². The van der Waals surface area contributed by atoms with Crippen molar-refractivity contribution in [2.75, 3.05) is 12.3 Å². The number of aryl methyl sites for hydroxylation is 1. The fraction of sp³-hybridized carbons (Fsp3) is 0.250. The Kier molecular flexibility index (Phi) is 4.74. The molecule has 0 aromatic heterocycles. The van der Waals surface area contributed by atoms with Gasteiger partial charge in [0, 0.05) is 16.3 Å². The van der Waals surface area contributed by atoms with E-state index in [1.807, 2.05) is 43.0 Å². The van der Waals surface area contributed by atoms with Crippen molar-refractivity contribution in [1.29, 1.82) is 0 Å². The summed E-state index contributed by atoms with van der Waals surface area (Å²) < 4.78 is 5.44. The molecule has 0 fully saturated rings. The second-order valence-corrected chi connectivity index (χ2v) is 5.41. The third-order valence-electron chi connectivity index (χ3n) is 2.84. The lowest BCUT2D eigenvalue weighted by atomic mass is 10.2. The summed E-state index contributed by atoms with van der Waals surface area (Å²) in [5.41, 5.74) is 9.19. The van der Waals surface area contributed by atoms with Crippen molar-refractivity contribution in [3.8, 4) is 5.75 Å². The lowest BCUT2D eigenvalue weighted by Gasteiger charge is -2.08. The summed E-state index contributed by atoms with van der Waals surface area (Å²) in [5, 5.41) is 0. The fourth-order valence-corrected chi connectivity index (χ4v) is 2.81. The molecule has 0 saturated carbocycles. The van der Waals surface area contributed by atoms with Crippen molar-refractivity contribution in [2.45, 2.75) is 24.5 Å². The van der Waals surface area contributed by atoms with E-state index in [1.165, 1.54) is 16.0 Å². The molecule has 19 heavy (non-hydrogen) atoms. The van der Waals surface area contributed by atoms with Crippen LogP contribution >= 0.6 is 11.8 Å². The molecular weight excluding hydrogens is 254 g/mol. The van der Waals surface area contributed by atoms with Crippen LogP contribution in [-0.2, 0) is 5.75 Å². The zero-order valence-electron chi connectivity index (χ0n) is 11.3. The molecule has 0 bridgehead atoms. The lowest BCUT2D eigenvalue weighted by Crippen LogP contribution is -1.91. The van der Waals surface area contributed by atoms with Crippen LogP contribution in [0.25, 0.3) is 0 Å². The van der Waals surface area contributed by atoms with Gasteiger partial charge in [0.05, 0.1) is 6.61 Å². The number of ether oxygens (including phenoxy) is 1. The number of thioether (sulfide) groups is 1. The average molecular weight is 273 g/mol. The van der Waals surface area contributed by atoms with E-state index in [2.05, 4.69) is 25.1 Å². The number of hydrogen-bond acceptors (Lipinski definition) is 3. The third-order valence-corrected chi connectivity index (χ3v) is 4.07. The van der Waals surface area contributed by atoms with E-state index >= 15 is 0 Å². The molecule has 0 atom stereocenters. The molecule has 0 heterocycles. The van der Waals surface area contributed by atoms with E-state index in [-0.39, 0.29) is 0 Å². The van der Waals surface area contributed by atoms with Crippen molar-refractivity contribution in [1.82, 2.24) is 0 Å². The molecule has 0 aliphatic rings. The van der Waals surface area contributed by atoms with E-state index in [9.17, 15) is 0 Å². The number of anilines is 1. The SMILES string of the molecule is CCOc1ccc(CSc2cc(N)ccc2C)cc1. The summed E-state index contributed by atoms with van der Waals surface area (Å²) >= 11 is 1.81. The zero-order valence-corrected chi connectivity index (χ0v) is 12.2. The lowest BCUT2D eigenvalue weighted by molar-refractivity contribution is 0.340. The van der Waals surface area contributed by atoms with Crippen molar-refractivity contribution in [3.63, 3.8) is 0 Å². The first-order valence-corrected chi connectivity index (χ1v) is 7.38. The highest BCUT2D eigenvalue weighted by molar-refractivity contribution is 7.98. The van der Waals surface area contributed by atoms with Crippen molar-refractivity contribution in [2.24, 2.45) is 0 Å². The molecule has 2 N–H and O–H groups in total. The summed E-state index contributed by atoms with van der Waals surface area (Å²) in [7, 11) is 0. The van der Waals surface area contributed by atoms with Gasteiger partial charge in [0.2, 0.25) is 0 Å². The summed E-state index contributed by atoms with van der Waals surface area (Å²) in [6.07, 6.45) is 0. The second kappa shape index (κ2) is 6.53. The van der Waals surface area contributed by atoms with E-state index < -0.39 is 0 Å². The van der Waals surface area contributed by atoms with Gasteiger partial charge in [-0.2, -0.15) is 0 Å². The molecule has 2 nitrogen and oxygen atoms in total. The number of hydrogen-bond donors (Lipinski definition) is 1. The largest absolute Gasteiger partial charge is 0.494 e. The third kappa shape index (κ3) is 3.93. The molecule has 0 aliphatic carbocycles. The van der Waals surface area contributed by atoms with Gasteiger partial charge in [-0.1, -0.05) is 18.2 Å². The van der Waals surface area contributed by atoms with E-state index in [0.717, 1.165) is 17.2 Å². The number of rotatable bonds is 5. The van der Waals surface area contributed by atoms with Crippen LogP contribution in [0.2, 0.25) is 0 Å². The minimum Gasteiger partial charge on any atom is -0.494 e.